The fraction of sp³-hybridized carbons (Fsp3) is 0.400. The molecular formula is C10H14N4O4. The SMILES string of the molecule is CNCCN(C)c1nc(C(=O)O)ccc1[N+](=O)[O-]. The van der Waals surface area contributed by atoms with Crippen LogP contribution >= 0.6 is 0 Å². The Hall–Kier alpha value is -2.22. The smallest absolute Gasteiger partial charge is 0.354 e. The van der Waals surface area contributed by atoms with Crippen molar-refractivity contribution in [1.82, 2.24) is 10.3 Å². The van der Waals surface area contributed by atoms with Crippen LogP contribution in [0.15, 0.2) is 12.1 Å². The van der Waals surface area contributed by atoms with Gasteiger partial charge in [-0.2, -0.15) is 0 Å². The van der Waals surface area contributed by atoms with Crippen molar-refractivity contribution in [3.8, 4) is 0 Å². The van der Waals surface area contributed by atoms with E-state index in [2.05, 4.69) is 10.3 Å². The summed E-state index contributed by atoms with van der Waals surface area (Å²) in [6.45, 7) is 1.08. The fourth-order valence-corrected chi connectivity index (χ4v) is 1.37. The Bertz CT molecular complexity index is 463. The first kappa shape index (κ1) is 13.8. The number of carbonyl (C=O) groups is 1. The van der Waals surface area contributed by atoms with Gasteiger partial charge in [-0.25, -0.2) is 9.78 Å². The van der Waals surface area contributed by atoms with Crippen LogP contribution < -0.4 is 10.2 Å². The van der Waals surface area contributed by atoms with Crippen molar-refractivity contribution in [2.75, 3.05) is 32.1 Å². The van der Waals surface area contributed by atoms with Gasteiger partial charge in [-0.1, -0.05) is 0 Å². The van der Waals surface area contributed by atoms with E-state index in [4.69, 9.17) is 5.11 Å². The van der Waals surface area contributed by atoms with Crippen molar-refractivity contribution in [3.05, 3.63) is 27.9 Å². The highest BCUT2D eigenvalue weighted by molar-refractivity contribution is 5.86. The van der Waals surface area contributed by atoms with E-state index in [0.29, 0.717) is 13.1 Å². The van der Waals surface area contributed by atoms with Crippen molar-refractivity contribution >= 4 is 17.5 Å². The number of anilines is 1. The van der Waals surface area contributed by atoms with Crippen LogP contribution in [0.25, 0.3) is 0 Å². The normalized spacial score (nSPS) is 10.1. The monoisotopic (exact) mass is 254 g/mol. The van der Waals surface area contributed by atoms with Gasteiger partial charge in [-0.05, 0) is 13.1 Å². The molecule has 0 unspecified atom stereocenters. The van der Waals surface area contributed by atoms with E-state index in [1.165, 1.54) is 0 Å². The number of nitrogens with zero attached hydrogens (tertiary/aromatic N) is 3. The molecule has 0 aliphatic rings. The Balaban J connectivity index is 3.14. The first-order chi connectivity index (χ1) is 8.47. The number of nitrogens with one attached hydrogen (secondary N) is 1. The molecular weight excluding hydrogens is 240 g/mol. The molecule has 0 spiro atoms. The predicted octanol–water partition coefficient (Wildman–Crippen LogP) is 0.344. The summed E-state index contributed by atoms with van der Waals surface area (Å²) in [4.78, 5) is 26.4. The summed E-state index contributed by atoms with van der Waals surface area (Å²) in [6, 6.07) is 2.28. The molecule has 98 valence electrons. The molecule has 0 bridgehead atoms. The second-order valence-corrected chi connectivity index (χ2v) is 3.63. The number of nitro groups is 1. The van der Waals surface area contributed by atoms with Crippen LogP contribution in [0.4, 0.5) is 11.5 Å². The van der Waals surface area contributed by atoms with E-state index in [1.54, 1.807) is 19.0 Å². The molecule has 8 nitrogen and oxygen atoms in total. The first-order valence-corrected chi connectivity index (χ1v) is 5.21. The van der Waals surface area contributed by atoms with Gasteiger partial charge >= 0.3 is 11.7 Å². The lowest BCUT2D eigenvalue weighted by molar-refractivity contribution is -0.384. The van der Waals surface area contributed by atoms with E-state index in [-0.39, 0.29) is 17.2 Å². The lowest BCUT2D eigenvalue weighted by Gasteiger charge is -2.17. The number of carboxylic acids is 1. The van der Waals surface area contributed by atoms with Crippen molar-refractivity contribution in [1.29, 1.82) is 0 Å². The summed E-state index contributed by atoms with van der Waals surface area (Å²) in [5.41, 5.74) is -0.425. The van der Waals surface area contributed by atoms with E-state index in [1.807, 2.05) is 0 Å². The van der Waals surface area contributed by atoms with Crippen LogP contribution in [-0.2, 0) is 0 Å². The summed E-state index contributed by atoms with van der Waals surface area (Å²) in [7, 11) is 3.38. The van der Waals surface area contributed by atoms with Crippen molar-refractivity contribution in [2.45, 2.75) is 0 Å². The second-order valence-electron chi connectivity index (χ2n) is 3.63. The van der Waals surface area contributed by atoms with E-state index in [9.17, 15) is 14.9 Å². The molecule has 0 atom stereocenters. The Morgan fingerprint density at radius 3 is 2.78 bits per heavy atom. The van der Waals surface area contributed by atoms with Crippen molar-refractivity contribution in [2.24, 2.45) is 0 Å². The maximum absolute atomic E-state index is 10.9. The Morgan fingerprint density at radius 2 is 2.28 bits per heavy atom. The third-order valence-electron chi connectivity index (χ3n) is 2.33. The van der Waals surface area contributed by atoms with Crippen molar-refractivity contribution < 1.29 is 14.8 Å². The molecule has 1 heterocycles. The molecule has 0 aliphatic carbocycles. The molecule has 0 fully saturated rings. The molecule has 0 saturated heterocycles. The maximum Gasteiger partial charge on any atom is 0.354 e. The number of carboxylic acid groups (broad SMARTS) is 1. The maximum atomic E-state index is 10.9. The molecule has 1 aromatic heterocycles. The minimum absolute atomic E-state index is 0.0511. The zero-order chi connectivity index (χ0) is 13.7. The molecule has 0 aromatic carbocycles. The van der Waals surface area contributed by atoms with Crippen LogP contribution in [0, 0.1) is 10.1 Å². The quantitative estimate of drug-likeness (QED) is 0.556. The third-order valence-corrected chi connectivity index (χ3v) is 2.33. The largest absolute Gasteiger partial charge is 0.477 e. The zero-order valence-electron chi connectivity index (χ0n) is 10.1. The van der Waals surface area contributed by atoms with Crippen LogP contribution in [0.2, 0.25) is 0 Å². The van der Waals surface area contributed by atoms with Gasteiger partial charge in [0.15, 0.2) is 5.69 Å². The molecule has 1 aromatic rings. The highest BCUT2D eigenvalue weighted by Gasteiger charge is 2.21. The topological polar surface area (TPSA) is 109 Å². The number of pyridine rings is 1. The molecule has 8 heteroatoms. The Morgan fingerprint density at radius 1 is 1.61 bits per heavy atom. The van der Waals surface area contributed by atoms with Gasteiger partial charge in [0.1, 0.15) is 0 Å². The van der Waals surface area contributed by atoms with E-state index >= 15 is 0 Å². The van der Waals surface area contributed by atoms with Crippen LogP contribution in [0.1, 0.15) is 10.5 Å². The van der Waals surface area contributed by atoms with Gasteiger partial charge < -0.3 is 15.3 Å². The molecule has 0 saturated carbocycles. The summed E-state index contributed by atoms with van der Waals surface area (Å²) < 4.78 is 0. The average Bonchev–Trinajstić information content (AvgIpc) is 2.34. The van der Waals surface area contributed by atoms with Crippen LogP contribution in [0.3, 0.4) is 0 Å². The Labute approximate surface area is 103 Å². The number of aromatic carboxylic acids is 1. The summed E-state index contributed by atoms with van der Waals surface area (Å²) in [6.07, 6.45) is 0. The van der Waals surface area contributed by atoms with Crippen LogP contribution in [-0.4, -0.2) is 48.2 Å². The number of aromatic nitrogens is 1. The van der Waals surface area contributed by atoms with Gasteiger partial charge in [0, 0.05) is 26.2 Å². The van der Waals surface area contributed by atoms with E-state index < -0.39 is 10.9 Å². The number of rotatable bonds is 6. The third kappa shape index (κ3) is 3.14. The lowest BCUT2D eigenvalue weighted by Crippen LogP contribution is -2.28. The van der Waals surface area contributed by atoms with Crippen LogP contribution in [0.5, 0.6) is 0 Å². The second kappa shape index (κ2) is 5.92. The van der Waals surface area contributed by atoms with Gasteiger partial charge in [0.05, 0.1) is 4.92 Å². The molecule has 1 rings (SSSR count). The molecule has 2 N–H and O–H groups in total. The summed E-state index contributed by atoms with van der Waals surface area (Å²) in [5.74, 6) is -1.16. The minimum atomic E-state index is -1.21. The van der Waals surface area contributed by atoms with Gasteiger partial charge in [0.2, 0.25) is 5.82 Å². The standard InChI is InChI=1S/C10H14N4O4/c1-11-5-6-13(2)9-8(14(17)18)4-3-7(12-9)10(15)16/h3-4,11H,5-6H2,1-2H3,(H,15,16). The molecule has 0 amide bonds. The minimum Gasteiger partial charge on any atom is -0.477 e. The number of likely N-dealkylation sites (N-methyl/N-ethyl adjacent to an activating group) is 2. The van der Waals surface area contributed by atoms with Gasteiger partial charge in [-0.15, -0.1) is 0 Å². The van der Waals surface area contributed by atoms with E-state index in [0.717, 1.165) is 12.1 Å². The molecule has 18 heavy (non-hydrogen) atoms. The number of hydrogen-bond donors (Lipinski definition) is 2. The molecule has 0 aliphatic heterocycles. The Kier molecular flexibility index (Phi) is 4.55. The lowest BCUT2D eigenvalue weighted by atomic mass is 10.3. The summed E-state index contributed by atoms with van der Waals surface area (Å²) in [5, 5.41) is 22.6. The fourth-order valence-electron chi connectivity index (χ4n) is 1.37. The van der Waals surface area contributed by atoms with Crippen molar-refractivity contribution in [3.63, 3.8) is 0 Å². The summed E-state index contributed by atoms with van der Waals surface area (Å²) >= 11 is 0. The van der Waals surface area contributed by atoms with Gasteiger partial charge in [-0.3, -0.25) is 10.1 Å². The van der Waals surface area contributed by atoms with Gasteiger partial charge in [0.25, 0.3) is 0 Å². The average molecular weight is 254 g/mol. The predicted molar refractivity (Wildman–Crippen MR) is 65.0 cm³/mol. The molecule has 0 radical (unpaired) electrons. The zero-order valence-corrected chi connectivity index (χ0v) is 10.1. The highest BCUT2D eigenvalue weighted by atomic mass is 16.6. The highest BCUT2D eigenvalue weighted by Crippen LogP contribution is 2.24. The first-order valence-electron chi connectivity index (χ1n) is 5.21. The number of hydrogen-bond acceptors (Lipinski definition) is 6.